The summed E-state index contributed by atoms with van der Waals surface area (Å²) in [5.41, 5.74) is -3.21. The normalized spacial score (nSPS) is 11.5. The summed E-state index contributed by atoms with van der Waals surface area (Å²) in [6.45, 7) is 0. The molecule has 0 radical (unpaired) electrons. The maximum atomic E-state index is 12.7. The van der Waals surface area contributed by atoms with E-state index in [2.05, 4.69) is 5.32 Å². The molecule has 0 aliphatic heterocycles. The van der Waals surface area contributed by atoms with Gasteiger partial charge < -0.3 is 14.8 Å². The van der Waals surface area contributed by atoms with Crippen LogP contribution in [0.2, 0.25) is 5.02 Å². The first kappa shape index (κ1) is 17.8. The maximum Gasteiger partial charge on any atom is 0.416 e. The van der Waals surface area contributed by atoms with Gasteiger partial charge in [0.1, 0.15) is 11.3 Å². The minimum atomic E-state index is -4.65. The number of hydrogen-bond acceptors (Lipinski definition) is 4. The first-order chi connectivity index (χ1) is 12.2. The first-order valence-electron chi connectivity index (χ1n) is 7.11. The van der Waals surface area contributed by atoms with Crippen LogP contribution in [0.3, 0.4) is 0 Å². The number of anilines is 1. The molecule has 1 amide bonds. The van der Waals surface area contributed by atoms with E-state index >= 15 is 0 Å². The van der Waals surface area contributed by atoms with Gasteiger partial charge in [-0.2, -0.15) is 13.2 Å². The van der Waals surface area contributed by atoms with Crippen LogP contribution in [0.15, 0.2) is 51.7 Å². The molecular formula is C17H9ClF3NO4. The first-order valence-corrected chi connectivity index (χ1v) is 7.48. The van der Waals surface area contributed by atoms with Gasteiger partial charge in [-0.1, -0.05) is 11.6 Å². The molecule has 0 aliphatic carbocycles. The van der Waals surface area contributed by atoms with Crippen molar-refractivity contribution in [3.63, 3.8) is 0 Å². The second-order valence-electron chi connectivity index (χ2n) is 5.28. The average Bonchev–Trinajstić information content (AvgIpc) is 2.55. The monoisotopic (exact) mass is 383 g/mol. The quantitative estimate of drug-likeness (QED) is 0.642. The van der Waals surface area contributed by atoms with E-state index in [-0.39, 0.29) is 5.39 Å². The van der Waals surface area contributed by atoms with Gasteiger partial charge in [0.15, 0.2) is 5.56 Å². The molecule has 3 aromatic rings. The van der Waals surface area contributed by atoms with Gasteiger partial charge >= 0.3 is 11.8 Å². The minimum Gasteiger partial charge on any atom is -0.506 e. The smallest absolute Gasteiger partial charge is 0.416 e. The second kappa shape index (κ2) is 6.38. The Morgan fingerprint density at radius 1 is 1.12 bits per heavy atom. The summed E-state index contributed by atoms with van der Waals surface area (Å²) in [5, 5.41) is 12.8. The van der Waals surface area contributed by atoms with Crippen LogP contribution in [0, 0.1) is 0 Å². The van der Waals surface area contributed by atoms with Crippen molar-refractivity contribution in [3.8, 4) is 5.75 Å². The summed E-state index contributed by atoms with van der Waals surface area (Å²) >= 11 is 5.73. The van der Waals surface area contributed by atoms with Crippen molar-refractivity contribution in [2.45, 2.75) is 6.18 Å². The highest BCUT2D eigenvalue weighted by molar-refractivity contribution is 6.30. The number of amides is 1. The third-order valence-corrected chi connectivity index (χ3v) is 3.79. The molecule has 0 unspecified atom stereocenters. The molecule has 9 heteroatoms. The lowest BCUT2D eigenvalue weighted by Gasteiger charge is -2.10. The number of nitrogens with one attached hydrogen (secondary N) is 1. The van der Waals surface area contributed by atoms with Crippen molar-refractivity contribution in [3.05, 3.63) is 69.0 Å². The molecule has 0 bridgehead atoms. The Kier molecular flexibility index (Phi) is 4.37. The van der Waals surface area contributed by atoms with Crippen molar-refractivity contribution >= 4 is 34.2 Å². The van der Waals surface area contributed by atoms with Gasteiger partial charge in [0.25, 0.3) is 5.91 Å². The van der Waals surface area contributed by atoms with Gasteiger partial charge in [-0.15, -0.1) is 0 Å². The zero-order valence-electron chi connectivity index (χ0n) is 12.7. The molecular weight excluding hydrogens is 375 g/mol. The van der Waals surface area contributed by atoms with Gasteiger partial charge in [-0.25, -0.2) is 4.79 Å². The van der Waals surface area contributed by atoms with Gasteiger partial charge in [0.05, 0.1) is 10.9 Å². The molecule has 26 heavy (non-hydrogen) atoms. The Bertz CT molecular complexity index is 1060. The van der Waals surface area contributed by atoms with E-state index in [0.717, 1.165) is 6.07 Å². The van der Waals surface area contributed by atoms with Crippen LogP contribution in [0.25, 0.3) is 11.0 Å². The number of fused-ring (bicyclic) bond motifs is 1. The number of rotatable bonds is 2. The summed E-state index contributed by atoms with van der Waals surface area (Å²) in [6, 6.07) is 8.15. The van der Waals surface area contributed by atoms with E-state index < -0.39 is 40.2 Å². The average molecular weight is 384 g/mol. The molecule has 1 aromatic heterocycles. The largest absolute Gasteiger partial charge is 0.506 e. The third kappa shape index (κ3) is 3.36. The number of benzene rings is 2. The highest BCUT2D eigenvalue weighted by atomic mass is 35.5. The molecule has 0 fully saturated rings. The van der Waals surface area contributed by atoms with Crippen molar-refractivity contribution < 1.29 is 27.5 Å². The molecule has 0 saturated carbocycles. The fourth-order valence-electron chi connectivity index (χ4n) is 2.29. The number of alkyl halides is 3. The van der Waals surface area contributed by atoms with Crippen molar-refractivity contribution in [1.82, 2.24) is 0 Å². The minimum absolute atomic E-state index is 0.196. The molecule has 0 atom stereocenters. The lowest BCUT2D eigenvalue weighted by atomic mass is 10.1. The second-order valence-corrected chi connectivity index (χ2v) is 5.72. The van der Waals surface area contributed by atoms with Crippen molar-refractivity contribution in [2.75, 3.05) is 5.32 Å². The van der Waals surface area contributed by atoms with Gasteiger partial charge in [0.2, 0.25) is 0 Å². The maximum absolute atomic E-state index is 12.7. The van der Waals surface area contributed by atoms with E-state index in [4.69, 9.17) is 16.0 Å². The SMILES string of the molecule is O=C(Nc1ccc(Cl)cc1)c1c(O)c2ccc(C(F)(F)F)cc2oc1=O. The summed E-state index contributed by atoms with van der Waals surface area (Å²) < 4.78 is 43.0. The Morgan fingerprint density at radius 2 is 1.77 bits per heavy atom. The zero-order valence-corrected chi connectivity index (χ0v) is 13.5. The number of hydrogen-bond donors (Lipinski definition) is 2. The molecule has 0 spiro atoms. The Hall–Kier alpha value is -3.00. The predicted molar refractivity (Wildman–Crippen MR) is 88.6 cm³/mol. The molecule has 2 N–H and O–H groups in total. The molecule has 2 aromatic carbocycles. The highest BCUT2D eigenvalue weighted by Crippen LogP contribution is 2.34. The van der Waals surface area contributed by atoms with E-state index in [1.54, 1.807) is 0 Å². The zero-order chi connectivity index (χ0) is 19.1. The molecule has 0 aliphatic rings. The van der Waals surface area contributed by atoms with Crippen LogP contribution in [0.4, 0.5) is 18.9 Å². The molecule has 1 heterocycles. The summed E-state index contributed by atoms with van der Waals surface area (Å²) in [6.07, 6.45) is -4.65. The van der Waals surface area contributed by atoms with Gasteiger partial charge in [-0.05, 0) is 42.5 Å². The fraction of sp³-hybridized carbons (Fsp3) is 0.0588. The summed E-state index contributed by atoms with van der Waals surface area (Å²) in [7, 11) is 0. The molecule has 134 valence electrons. The van der Waals surface area contributed by atoms with Crippen LogP contribution >= 0.6 is 11.6 Å². The molecule has 5 nitrogen and oxygen atoms in total. The number of aromatic hydroxyl groups is 1. The van der Waals surface area contributed by atoms with Crippen molar-refractivity contribution in [1.29, 1.82) is 0 Å². The highest BCUT2D eigenvalue weighted by Gasteiger charge is 2.31. The van der Waals surface area contributed by atoms with E-state index in [9.17, 15) is 27.9 Å². The predicted octanol–water partition coefficient (Wildman–Crippen LogP) is 4.42. The standard InChI is InChI=1S/C17H9ClF3NO4/c18-9-2-4-10(5-3-9)22-15(24)13-14(23)11-6-1-8(17(19,20)21)7-12(11)26-16(13)25/h1-7,23H,(H,22,24). The van der Waals surface area contributed by atoms with E-state index in [1.807, 2.05) is 0 Å². The Labute approximate surface area is 148 Å². The lowest BCUT2D eigenvalue weighted by Crippen LogP contribution is -2.21. The third-order valence-electron chi connectivity index (χ3n) is 3.54. The lowest BCUT2D eigenvalue weighted by molar-refractivity contribution is -0.137. The van der Waals surface area contributed by atoms with Gasteiger partial charge in [0, 0.05) is 10.7 Å². The van der Waals surface area contributed by atoms with Crippen LogP contribution in [0.1, 0.15) is 15.9 Å². The topological polar surface area (TPSA) is 79.5 Å². The van der Waals surface area contributed by atoms with E-state index in [1.165, 1.54) is 24.3 Å². The summed E-state index contributed by atoms with van der Waals surface area (Å²) in [4.78, 5) is 24.3. The molecule has 3 rings (SSSR count). The Balaban J connectivity index is 2.05. The van der Waals surface area contributed by atoms with Crippen LogP contribution in [-0.4, -0.2) is 11.0 Å². The van der Waals surface area contributed by atoms with Crippen LogP contribution in [-0.2, 0) is 6.18 Å². The van der Waals surface area contributed by atoms with Gasteiger partial charge in [-0.3, -0.25) is 4.79 Å². The fourth-order valence-corrected chi connectivity index (χ4v) is 2.41. The van der Waals surface area contributed by atoms with E-state index in [0.29, 0.717) is 22.8 Å². The molecule has 0 saturated heterocycles. The van der Waals surface area contributed by atoms with Crippen LogP contribution < -0.4 is 10.9 Å². The van der Waals surface area contributed by atoms with Crippen molar-refractivity contribution in [2.24, 2.45) is 0 Å². The van der Waals surface area contributed by atoms with Crippen LogP contribution in [0.5, 0.6) is 5.75 Å². The summed E-state index contributed by atoms with van der Waals surface area (Å²) in [5.74, 6) is -1.74. The number of carbonyl (C=O) groups is 1. The number of halogens is 4. The Morgan fingerprint density at radius 3 is 2.38 bits per heavy atom. The number of carbonyl (C=O) groups excluding carboxylic acids is 1.